The van der Waals surface area contributed by atoms with Crippen LogP contribution in [-0.4, -0.2) is 33.6 Å². The molecule has 0 amide bonds. The number of rotatable bonds is 1. The van der Waals surface area contributed by atoms with Crippen LogP contribution < -0.4 is 15.4 Å². The van der Waals surface area contributed by atoms with Crippen LogP contribution >= 0.6 is 0 Å². The van der Waals surface area contributed by atoms with Crippen LogP contribution in [0.4, 0.5) is 17.5 Å². The summed E-state index contributed by atoms with van der Waals surface area (Å²) in [7, 11) is 1.84. The highest BCUT2D eigenvalue weighted by atomic mass is 16.5. The summed E-state index contributed by atoms with van der Waals surface area (Å²) in [4.78, 5) is 17.9. The van der Waals surface area contributed by atoms with Gasteiger partial charge >= 0.3 is 0 Å². The Labute approximate surface area is 173 Å². The van der Waals surface area contributed by atoms with E-state index in [1.165, 1.54) is 0 Å². The van der Waals surface area contributed by atoms with E-state index in [1.54, 1.807) is 18.6 Å². The number of anilines is 3. The molecule has 6 bridgehead atoms. The SMILES string of the molecule is CNc1ncc2c3cc(ncc13)Nc1cccc(n1)OCCc1ccnc(c1)C#C2. The zero-order chi connectivity index (χ0) is 20.3. The van der Waals surface area contributed by atoms with Gasteiger partial charge in [0.25, 0.3) is 0 Å². The van der Waals surface area contributed by atoms with Crippen LogP contribution in [0.3, 0.4) is 0 Å². The molecule has 5 heterocycles. The smallest absolute Gasteiger partial charge is 0.215 e. The topological polar surface area (TPSA) is 84.9 Å². The van der Waals surface area contributed by atoms with Gasteiger partial charge in [0.2, 0.25) is 5.88 Å². The Morgan fingerprint density at radius 2 is 1.97 bits per heavy atom. The average molecular weight is 394 g/mol. The number of hydrogen-bond donors (Lipinski definition) is 2. The van der Waals surface area contributed by atoms with Gasteiger partial charge in [-0.15, -0.1) is 0 Å². The first-order valence-electron chi connectivity index (χ1n) is 9.59. The number of aromatic nitrogens is 4. The molecule has 0 saturated carbocycles. The van der Waals surface area contributed by atoms with Crippen molar-refractivity contribution in [1.82, 2.24) is 19.9 Å². The predicted octanol–water partition coefficient (Wildman–Crippen LogP) is 3.54. The number of pyridine rings is 4. The summed E-state index contributed by atoms with van der Waals surface area (Å²) < 4.78 is 5.83. The second-order valence-corrected chi connectivity index (χ2v) is 6.77. The normalized spacial score (nSPS) is 12.4. The summed E-state index contributed by atoms with van der Waals surface area (Å²) in [6, 6.07) is 11.5. The maximum Gasteiger partial charge on any atom is 0.215 e. The standard InChI is InChI=1S/C23H18N6O/c1-24-23-19-14-26-21-12-18(19)16(13-27-23)5-6-17-11-15(7-9-25-17)8-10-30-22-4-2-3-20(28-21)29-22/h2-4,7,9,11-14H,8,10H2,1H3,(H,24,27)(H,26,28,29). The molecule has 7 heteroatoms. The Morgan fingerprint density at radius 3 is 2.90 bits per heavy atom. The fraction of sp³-hybridized carbons (Fsp3) is 0.130. The Morgan fingerprint density at radius 1 is 1.00 bits per heavy atom. The third-order valence-corrected chi connectivity index (χ3v) is 4.78. The van der Waals surface area contributed by atoms with E-state index in [-0.39, 0.29) is 0 Å². The van der Waals surface area contributed by atoms with E-state index < -0.39 is 0 Å². The van der Waals surface area contributed by atoms with Crippen molar-refractivity contribution >= 4 is 28.2 Å². The lowest BCUT2D eigenvalue weighted by Gasteiger charge is -2.11. The van der Waals surface area contributed by atoms with Crippen molar-refractivity contribution in [3.63, 3.8) is 0 Å². The fourth-order valence-corrected chi connectivity index (χ4v) is 3.30. The van der Waals surface area contributed by atoms with E-state index in [9.17, 15) is 0 Å². The van der Waals surface area contributed by atoms with E-state index in [4.69, 9.17) is 4.74 Å². The Hall–Kier alpha value is -4.18. The zero-order valence-electron chi connectivity index (χ0n) is 16.3. The lowest BCUT2D eigenvalue weighted by Crippen LogP contribution is -2.05. The highest BCUT2D eigenvalue weighted by Crippen LogP contribution is 2.27. The van der Waals surface area contributed by atoms with Crippen LogP contribution in [0.15, 0.2) is 55.0 Å². The number of hydrogen-bond acceptors (Lipinski definition) is 7. The maximum absolute atomic E-state index is 5.83. The Bertz CT molecular complexity index is 1310. The first kappa shape index (κ1) is 17.9. The van der Waals surface area contributed by atoms with Gasteiger partial charge in [0.15, 0.2) is 0 Å². The van der Waals surface area contributed by atoms with Gasteiger partial charge in [0.05, 0.1) is 12.2 Å². The second-order valence-electron chi connectivity index (χ2n) is 6.77. The molecule has 0 aromatic carbocycles. The van der Waals surface area contributed by atoms with Crippen molar-refractivity contribution < 1.29 is 4.74 Å². The summed E-state index contributed by atoms with van der Waals surface area (Å²) in [6.45, 7) is 0.511. The van der Waals surface area contributed by atoms with Crippen LogP contribution in [-0.2, 0) is 6.42 Å². The van der Waals surface area contributed by atoms with E-state index in [1.807, 2.05) is 43.4 Å². The van der Waals surface area contributed by atoms with Crippen molar-refractivity contribution in [2.45, 2.75) is 6.42 Å². The minimum Gasteiger partial charge on any atom is -0.477 e. The van der Waals surface area contributed by atoms with Crippen LogP contribution in [0.2, 0.25) is 0 Å². The largest absolute Gasteiger partial charge is 0.477 e. The van der Waals surface area contributed by atoms with Crippen molar-refractivity contribution in [2.24, 2.45) is 0 Å². The molecule has 0 fully saturated rings. The molecule has 0 radical (unpaired) electrons. The fourth-order valence-electron chi connectivity index (χ4n) is 3.30. The van der Waals surface area contributed by atoms with Crippen LogP contribution in [0.5, 0.6) is 5.88 Å². The zero-order valence-corrected chi connectivity index (χ0v) is 16.3. The summed E-state index contributed by atoms with van der Waals surface area (Å²) in [5.41, 5.74) is 2.62. The first-order chi connectivity index (χ1) is 14.8. The van der Waals surface area contributed by atoms with Gasteiger partial charge in [-0.3, -0.25) is 0 Å². The van der Waals surface area contributed by atoms with Gasteiger partial charge in [-0.25, -0.2) is 15.0 Å². The average Bonchev–Trinajstić information content (AvgIpc) is 2.77. The van der Waals surface area contributed by atoms with E-state index >= 15 is 0 Å². The molecule has 0 atom stereocenters. The molecular weight excluding hydrogens is 376 g/mol. The van der Waals surface area contributed by atoms with Gasteiger partial charge in [-0.2, -0.15) is 4.98 Å². The molecular formula is C23H18N6O. The molecule has 30 heavy (non-hydrogen) atoms. The second kappa shape index (κ2) is 7.68. The van der Waals surface area contributed by atoms with Crippen LogP contribution in [0, 0.1) is 11.8 Å². The molecule has 0 unspecified atom stereocenters. The molecule has 146 valence electrons. The molecule has 5 rings (SSSR count). The summed E-state index contributed by atoms with van der Waals surface area (Å²) in [6.07, 6.45) is 6.06. The van der Waals surface area contributed by atoms with E-state index in [0.29, 0.717) is 29.8 Å². The number of nitrogens with one attached hydrogen (secondary N) is 2. The number of fused-ring (bicyclic) bond motifs is 5. The number of ether oxygens (including phenoxy) is 1. The molecule has 4 aromatic rings. The minimum atomic E-state index is 0.511. The Kier molecular flexibility index (Phi) is 4.58. The molecule has 1 aliphatic heterocycles. The van der Waals surface area contributed by atoms with Crippen molar-refractivity contribution in [2.75, 3.05) is 24.3 Å². The quantitative estimate of drug-likeness (QED) is 0.478. The van der Waals surface area contributed by atoms with Gasteiger partial charge in [0.1, 0.15) is 23.1 Å². The first-order valence-corrected chi connectivity index (χ1v) is 9.59. The molecule has 4 aromatic heterocycles. The van der Waals surface area contributed by atoms with Crippen molar-refractivity contribution in [3.8, 4) is 17.7 Å². The van der Waals surface area contributed by atoms with E-state index in [0.717, 1.165) is 34.1 Å². The van der Waals surface area contributed by atoms with Gasteiger partial charge in [-0.05, 0) is 35.7 Å². The highest BCUT2D eigenvalue weighted by Gasteiger charge is 2.09. The van der Waals surface area contributed by atoms with Gasteiger partial charge < -0.3 is 15.4 Å². The molecule has 0 spiro atoms. The molecule has 7 nitrogen and oxygen atoms in total. The predicted molar refractivity (Wildman–Crippen MR) is 116 cm³/mol. The molecule has 1 aliphatic rings. The van der Waals surface area contributed by atoms with Crippen molar-refractivity contribution in [3.05, 3.63) is 71.8 Å². The molecule has 0 aliphatic carbocycles. The monoisotopic (exact) mass is 394 g/mol. The summed E-state index contributed by atoms with van der Waals surface area (Å²) in [5.74, 6) is 9.02. The van der Waals surface area contributed by atoms with Gasteiger partial charge in [-0.1, -0.05) is 12.0 Å². The Balaban J connectivity index is 1.70. The highest BCUT2D eigenvalue weighted by molar-refractivity contribution is 5.96. The van der Waals surface area contributed by atoms with Crippen LogP contribution in [0.25, 0.3) is 10.8 Å². The summed E-state index contributed by atoms with van der Waals surface area (Å²) in [5, 5.41) is 8.19. The van der Waals surface area contributed by atoms with Crippen LogP contribution in [0.1, 0.15) is 16.8 Å². The third kappa shape index (κ3) is 3.59. The number of nitrogens with zero attached hydrogens (tertiary/aromatic N) is 4. The van der Waals surface area contributed by atoms with Gasteiger partial charge in [0, 0.05) is 48.9 Å². The lowest BCUT2D eigenvalue weighted by molar-refractivity contribution is 0.310. The lowest BCUT2D eigenvalue weighted by atomic mass is 10.1. The molecule has 2 N–H and O–H groups in total. The van der Waals surface area contributed by atoms with Crippen molar-refractivity contribution in [1.29, 1.82) is 0 Å². The minimum absolute atomic E-state index is 0.511. The third-order valence-electron chi connectivity index (χ3n) is 4.78. The maximum atomic E-state index is 5.83. The molecule has 0 saturated heterocycles. The summed E-state index contributed by atoms with van der Waals surface area (Å²) >= 11 is 0. The van der Waals surface area contributed by atoms with E-state index in [2.05, 4.69) is 42.4 Å².